The summed E-state index contributed by atoms with van der Waals surface area (Å²) in [5.74, 6) is -0.0827. The SMILES string of the molecule is CC(C)CC(=O)N1CCCC1C(=O)NCc1ccc(F)cc1. The Labute approximate surface area is 130 Å². The topological polar surface area (TPSA) is 49.4 Å². The van der Waals surface area contributed by atoms with Crippen molar-refractivity contribution in [1.29, 1.82) is 0 Å². The number of nitrogens with one attached hydrogen (secondary N) is 1. The molecule has 1 fully saturated rings. The summed E-state index contributed by atoms with van der Waals surface area (Å²) >= 11 is 0. The molecule has 0 bridgehead atoms. The third-order valence-corrected chi connectivity index (χ3v) is 3.84. The van der Waals surface area contributed by atoms with E-state index in [1.807, 2.05) is 13.8 Å². The van der Waals surface area contributed by atoms with Crippen LogP contribution in [0.4, 0.5) is 4.39 Å². The number of carbonyl (C=O) groups is 2. The number of hydrogen-bond donors (Lipinski definition) is 1. The fraction of sp³-hybridized carbons (Fsp3) is 0.529. The quantitative estimate of drug-likeness (QED) is 0.908. The number of halogens is 1. The van der Waals surface area contributed by atoms with Crippen molar-refractivity contribution in [3.8, 4) is 0 Å². The molecule has 0 radical (unpaired) electrons. The highest BCUT2D eigenvalue weighted by molar-refractivity contribution is 5.88. The first kappa shape index (κ1) is 16.5. The van der Waals surface area contributed by atoms with Gasteiger partial charge in [0.2, 0.25) is 11.8 Å². The molecular weight excluding hydrogens is 283 g/mol. The van der Waals surface area contributed by atoms with Crippen molar-refractivity contribution >= 4 is 11.8 Å². The third-order valence-electron chi connectivity index (χ3n) is 3.84. The molecule has 0 saturated carbocycles. The molecule has 1 unspecified atom stereocenters. The lowest BCUT2D eigenvalue weighted by molar-refractivity contribution is -0.139. The number of benzene rings is 1. The van der Waals surface area contributed by atoms with E-state index in [9.17, 15) is 14.0 Å². The van der Waals surface area contributed by atoms with Gasteiger partial charge in [-0.15, -0.1) is 0 Å². The highest BCUT2D eigenvalue weighted by atomic mass is 19.1. The molecule has 1 aromatic rings. The predicted octanol–water partition coefficient (Wildman–Crippen LogP) is 2.48. The minimum absolute atomic E-state index is 0.0504. The minimum atomic E-state index is -0.369. The number of hydrogen-bond acceptors (Lipinski definition) is 2. The summed E-state index contributed by atoms with van der Waals surface area (Å²) in [5, 5.41) is 2.84. The van der Waals surface area contributed by atoms with Crippen LogP contribution in [0.15, 0.2) is 24.3 Å². The van der Waals surface area contributed by atoms with E-state index < -0.39 is 0 Å². The van der Waals surface area contributed by atoms with Crippen LogP contribution in [0.5, 0.6) is 0 Å². The number of nitrogens with zero attached hydrogens (tertiary/aromatic N) is 1. The summed E-state index contributed by atoms with van der Waals surface area (Å²) in [5.41, 5.74) is 0.841. The van der Waals surface area contributed by atoms with Gasteiger partial charge in [0.1, 0.15) is 11.9 Å². The molecule has 4 nitrogen and oxygen atoms in total. The van der Waals surface area contributed by atoms with Crippen LogP contribution >= 0.6 is 0 Å². The zero-order chi connectivity index (χ0) is 16.1. The number of rotatable bonds is 5. The van der Waals surface area contributed by atoms with Gasteiger partial charge in [-0.1, -0.05) is 26.0 Å². The van der Waals surface area contributed by atoms with Crippen LogP contribution in [-0.2, 0) is 16.1 Å². The van der Waals surface area contributed by atoms with Gasteiger partial charge in [-0.25, -0.2) is 4.39 Å². The van der Waals surface area contributed by atoms with Gasteiger partial charge in [-0.3, -0.25) is 9.59 Å². The Balaban J connectivity index is 1.90. The first-order chi connectivity index (χ1) is 10.5. The zero-order valence-corrected chi connectivity index (χ0v) is 13.1. The maximum Gasteiger partial charge on any atom is 0.243 e. The number of amides is 2. The van der Waals surface area contributed by atoms with Gasteiger partial charge in [0.15, 0.2) is 0 Å². The van der Waals surface area contributed by atoms with Gasteiger partial charge in [-0.2, -0.15) is 0 Å². The predicted molar refractivity (Wildman–Crippen MR) is 82.4 cm³/mol. The molecule has 1 N–H and O–H groups in total. The second-order valence-electron chi connectivity index (χ2n) is 6.19. The fourth-order valence-corrected chi connectivity index (χ4v) is 2.71. The second kappa shape index (κ2) is 7.38. The lowest BCUT2D eigenvalue weighted by Gasteiger charge is -2.24. The summed E-state index contributed by atoms with van der Waals surface area (Å²) in [7, 11) is 0. The Kier molecular flexibility index (Phi) is 5.52. The molecule has 0 aliphatic carbocycles. The van der Waals surface area contributed by atoms with Crippen molar-refractivity contribution in [2.24, 2.45) is 5.92 Å². The van der Waals surface area contributed by atoms with E-state index in [-0.39, 0.29) is 29.6 Å². The van der Waals surface area contributed by atoms with Gasteiger partial charge in [0.05, 0.1) is 0 Å². The van der Waals surface area contributed by atoms with E-state index in [0.29, 0.717) is 25.9 Å². The first-order valence-electron chi connectivity index (χ1n) is 7.79. The van der Waals surface area contributed by atoms with E-state index in [1.165, 1.54) is 12.1 Å². The maximum absolute atomic E-state index is 12.8. The summed E-state index contributed by atoms with van der Waals surface area (Å²) in [6.45, 7) is 5.00. The van der Waals surface area contributed by atoms with Crippen LogP contribution in [0.2, 0.25) is 0 Å². The van der Waals surface area contributed by atoms with Gasteiger partial charge in [-0.05, 0) is 36.5 Å². The average Bonchev–Trinajstić information content (AvgIpc) is 2.95. The minimum Gasteiger partial charge on any atom is -0.350 e. The van der Waals surface area contributed by atoms with Crippen molar-refractivity contribution in [3.05, 3.63) is 35.6 Å². The van der Waals surface area contributed by atoms with Gasteiger partial charge in [0.25, 0.3) is 0 Å². The lowest BCUT2D eigenvalue weighted by atomic mass is 10.1. The molecule has 0 aromatic heterocycles. The van der Waals surface area contributed by atoms with Gasteiger partial charge in [0, 0.05) is 19.5 Å². The molecule has 0 spiro atoms. The zero-order valence-electron chi connectivity index (χ0n) is 13.1. The van der Waals surface area contributed by atoms with E-state index >= 15 is 0 Å². The molecule has 1 aliphatic rings. The number of carbonyl (C=O) groups excluding carboxylic acids is 2. The van der Waals surface area contributed by atoms with Gasteiger partial charge < -0.3 is 10.2 Å². The van der Waals surface area contributed by atoms with Gasteiger partial charge >= 0.3 is 0 Å². The van der Waals surface area contributed by atoms with Crippen LogP contribution in [0, 0.1) is 11.7 Å². The molecule has 1 heterocycles. The lowest BCUT2D eigenvalue weighted by Crippen LogP contribution is -2.46. The largest absolute Gasteiger partial charge is 0.350 e. The van der Waals surface area contributed by atoms with Crippen molar-refractivity contribution in [2.75, 3.05) is 6.54 Å². The van der Waals surface area contributed by atoms with Crippen LogP contribution < -0.4 is 5.32 Å². The van der Waals surface area contributed by atoms with Crippen molar-refractivity contribution < 1.29 is 14.0 Å². The highest BCUT2D eigenvalue weighted by Gasteiger charge is 2.33. The van der Waals surface area contributed by atoms with Crippen LogP contribution in [0.25, 0.3) is 0 Å². The molecule has 5 heteroatoms. The van der Waals surface area contributed by atoms with E-state index in [4.69, 9.17) is 0 Å². The Hall–Kier alpha value is -1.91. The molecule has 120 valence electrons. The molecule has 22 heavy (non-hydrogen) atoms. The fourth-order valence-electron chi connectivity index (χ4n) is 2.71. The third kappa shape index (κ3) is 4.29. The van der Waals surface area contributed by atoms with E-state index in [2.05, 4.69) is 5.32 Å². The number of likely N-dealkylation sites (tertiary alicyclic amines) is 1. The molecule has 2 amide bonds. The Morgan fingerprint density at radius 2 is 2.00 bits per heavy atom. The second-order valence-corrected chi connectivity index (χ2v) is 6.19. The Bertz CT molecular complexity index is 528. The van der Waals surface area contributed by atoms with E-state index in [1.54, 1.807) is 17.0 Å². The summed E-state index contributed by atoms with van der Waals surface area (Å²) in [6.07, 6.45) is 2.04. The molecule has 1 saturated heterocycles. The van der Waals surface area contributed by atoms with Crippen LogP contribution in [0.1, 0.15) is 38.7 Å². The molecule has 1 atom stereocenters. The molecule has 1 aromatic carbocycles. The van der Waals surface area contributed by atoms with Crippen molar-refractivity contribution in [1.82, 2.24) is 10.2 Å². The highest BCUT2D eigenvalue weighted by Crippen LogP contribution is 2.20. The average molecular weight is 306 g/mol. The summed E-state index contributed by atoms with van der Waals surface area (Å²) in [6, 6.07) is 5.66. The summed E-state index contributed by atoms with van der Waals surface area (Å²) < 4.78 is 12.8. The van der Waals surface area contributed by atoms with Crippen molar-refractivity contribution in [2.45, 2.75) is 45.7 Å². The summed E-state index contributed by atoms with van der Waals surface area (Å²) in [4.78, 5) is 26.2. The van der Waals surface area contributed by atoms with Crippen LogP contribution in [0.3, 0.4) is 0 Å². The van der Waals surface area contributed by atoms with E-state index in [0.717, 1.165) is 12.0 Å². The normalized spacial score (nSPS) is 17.8. The smallest absolute Gasteiger partial charge is 0.243 e. The monoisotopic (exact) mass is 306 g/mol. The molecular formula is C17H23FN2O2. The first-order valence-corrected chi connectivity index (χ1v) is 7.79. The Morgan fingerprint density at radius 1 is 1.32 bits per heavy atom. The molecule has 1 aliphatic heterocycles. The maximum atomic E-state index is 12.8. The molecule has 2 rings (SSSR count). The Morgan fingerprint density at radius 3 is 2.64 bits per heavy atom. The standard InChI is InChI=1S/C17H23FN2O2/c1-12(2)10-16(21)20-9-3-4-15(20)17(22)19-11-13-5-7-14(18)8-6-13/h5-8,12,15H,3-4,9-11H2,1-2H3,(H,19,22). The van der Waals surface area contributed by atoms with Crippen molar-refractivity contribution in [3.63, 3.8) is 0 Å². The van der Waals surface area contributed by atoms with Crippen LogP contribution in [-0.4, -0.2) is 29.3 Å².